The minimum Gasteiger partial charge on any atom is -0.350 e. The summed E-state index contributed by atoms with van der Waals surface area (Å²) in [5.74, 6) is -0.246. The molecule has 0 unspecified atom stereocenters. The van der Waals surface area contributed by atoms with Gasteiger partial charge in [-0.25, -0.2) is 5.10 Å². The van der Waals surface area contributed by atoms with Gasteiger partial charge in [0.15, 0.2) is 5.69 Å². The number of hydrogen-bond acceptors (Lipinski definition) is 3. The zero-order chi connectivity index (χ0) is 15.4. The standard InChI is InChI=1S/C17H19N3O2/c21-16-14-9-5-4-8-13(14)15(19-20-16)17(22)18-11-10-12-6-2-1-3-7-12/h4-6,8-9H,1-3,7,10-11H2,(H,18,22)(H,20,21). The molecule has 2 N–H and O–H groups in total. The molecular weight excluding hydrogens is 278 g/mol. The summed E-state index contributed by atoms with van der Waals surface area (Å²) in [5, 5.41) is 10.3. The van der Waals surface area contributed by atoms with Crippen LogP contribution in [0.2, 0.25) is 0 Å². The van der Waals surface area contributed by atoms with Crippen molar-refractivity contribution >= 4 is 16.7 Å². The fraction of sp³-hybridized carbons (Fsp3) is 0.353. The van der Waals surface area contributed by atoms with Gasteiger partial charge in [-0.15, -0.1) is 0 Å². The molecule has 0 bridgehead atoms. The Morgan fingerprint density at radius 3 is 2.82 bits per heavy atom. The van der Waals surface area contributed by atoms with Crippen LogP contribution in [0.1, 0.15) is 42.6 Å². The van der Waals surface area contributed by atoms with Crippen LogP contribution in [0.25, 0.3) is 10.8 Å². The lowest BCUT2D eigenvalue weighted by Crippen LogP contribution is -2.27. The first-order valence-electron chi connectivity index (χ1n) is 7.69. The molecule has 0 aliphatic heterocycles. The van der Waals surface area contributed by atoms with Gasteiger partial charge in [0.2, 0.25) is 0 Å². The van der Waals surface area contributed by atoms with Crippen molar-refractivity contribution in [2.24, 2.45) is 0 Å². The van der Waals surface area contributed by atoms with Crippen molar-refractivity contribution in [1.82, 2.24) is 15.5 Å². The van der Waals surface area contributed by atoms with Crippen LogP contribution >= 0.6 is 0 Å². The Morgan fingerprint density at radius 2 is 2.05 bits per heavy atom. The fourth-order valence-electron chi connectivity index (χ4n) is 2.84. The Morgan fingerprint density at radius 1 is 1.23 bits per heavy atom. The van der Waals surface area contributed by atoms with E-state index in [1.54, 1.807) is 24.3 Å². The van der Waals surface area contributed by atoms with Crippen LogP contribution in [-0.4, -0.2) is 22.6 Å². The number of allylic oxidation sites excluding steroid dienone is 1. The van der Waals surface area contributed by atoms with Crippen molar-refractivity contribution in [3.8, 4) is 0 Å². The Balaban J connectivity index is 1.71. The first-order valence-corrected chi connectivity index (χ1v) is 7.69. The highest BCUT2D eigenvalue weighted by molar-refractivity contribution is 6.04. The molecule has 1 aromatic carbocycles. The predicted molar refractivity (Wildman–Crippen MR) is 85.9 cm³/mol. The van der Waals surface area contributed by atoms with E-state index in [-0.39, 0.29) is 17.2 Å². The second-order valence-corrected chi connectivity index (χ2v) is 5.56. The number of amides is 1. The zero-order valence-electron chi connectivity index (χ0n) is 12.4. The number of aromatic amines is 1. The molecule has 0 saturated heterocycles. The minimum atomic E-state index is -0.278. The molecule has 1 amide bonds. The number of aromatic nitrogens is 2. The molecule has 0 atom stereocenters. The monoisotopic (exact) mass is 297 g/mol. The van der Waals surface area contributed by atoms with E-state index in [1.807, 2.05) is 0 Å². The van der Waals surface area contributed by atoms with E-state index in [9.17, 15) is 9.59 Å². The van der Waals surface area contributed by atoms with Crippen molar-refractivity contribution < 1.29 is 4.79 Å². The van der Waals surface area contributed by atoms with Crippen molar-refractivity contribution in [2.45, 2.75) is 32.1 Å². The lowest BCUT2D eigenvalue weighted by atomic mass is 9.97. The SMILES string of the molecule is O=C(NCCC1=CCCCC1)c1n[nH]c(=O)c2ccccc12. The Kier molecular flexibility index (Phi) is 4.32. The Hall–Kier alpha value is -2.43. The number of carbonyl (C=O) groups is 1. The number of nitrogens with one attached hydrogen (secondary N) is 2. The molecule has 5 nitrogen and oxygen atoms in total. The molecule has 5 heteroatoms. The first kappa shape index (κ1) is 14.5. The Bertz CT molecular complexity index is 777. The number of hydrogen-bond donors (Lipinski definition) is 2. The quantitative estimate of drug-likeness (QED) is 0.852. The molecular formula is C17H19N3O2. The molecule has 0 fully saturated rings. The number of H-pyrrole nitrogens is 1. The van der Waals surface area contributed by atoms with Crippen LogP contribution in [-0.2, 0) is 0 Å². The first-order chi connectivity index (χ1) is 10.8. The molecule has 0 saturated carbocycles. The predicted octanol–water partition coefficient (Wildman–Crippen LogP) is 2.54. The zero-order valence-corrected chi connectivity index (χ0v) is 12.4. The normalized spacial score (nSPS) is 14.6. The third-order valence-corrected chi connectivity index (χ3v) is 4.03. The van der Waals surface area contributed by atoms with Gasteiger partial charge in [-0.05, 0) is 38.2 Å². The lowest BCUT2D eigenvalue weighted by Gasteiger charge is -2.13. The molecule has 22 heavy (non-hydrogen) atoms. The summed E-state index contributed by atoms with van der Waals surface area (Å²) < 4.78 is 0. The smallest absolute Gasteiger partial charge is 0.272 e. The van der Waals surface area contributed by atoms with Crippen LogP contribution in [0.4, 0.5) is 0 Å². The number of rotatable bonds is 4. The summed E-state index contributed by atoms with van der Waals surface area (Å²) in [5.41, 5.74) is 1.41. The van der Waals surface area contributed by atoms with Gasteiger partial charge in [0.05, 0.1) is 5.39 Å². The average molecular weight is 297 g/mol. The maximum Gasteiger partial charge on any atom is 0.272 e. The molecule has 0 radical (unpaired) electrons. The van der Waals surface area contributed by atoms with Crippen LogP contribution in [0.5, 0.6) is 0 Å². The van der Waals surface area contributed by atoms with Crippen molar-refractivity contribution in [3.63, 3.8) is 0 Å². The minimum absolute atomic E-state index is 0.246. The van der Waals surface area contributed by atoms with Gasteiger partial charge in [-0.2, -0.15) is 5.10 Å². The largest absolute Gasteiger partial charge is 0.350 e. The number of benzene rings is 1. The van der Waals surface area contributed by atoms with E-state index in [0.29, 0.717) is 17.3 Å². The third-order valence-electron chi connectivity index (χ3n) is 4.03. The van der Waals surface area contributed by atoms with Gasteiger partial charge in [-0.3, -0.25) is 9.59 Å². The highest BCUT2D eigenvalue weighted by atomic mass is 16.2. The van der Waals surface area contributed by atoms with E-state index in [2.05, 4.69) is 21.6 Å². The molecule has 1 aromatic heterocycles. The summed E-state index contributed by atoms with van der Waals surface area (Å²) >= 11 is 0. The van der Waals surface area contributed by atoms with E-state index >= 15 is 0 Å². The van der Waals surface area contributed by atoms with E-state index in [1.165, 1.54) is 18.4 Å². The van der Waals surface area contributed by atoms with Crippen LogP contribution in [0.3, 0.4) is 0 Å². The Labute approximate surface area is 128 Å². The highest BCUT2D eigenvalue weighted by Gasteiger charge is 2.13. The maximum atomic E-state index is 12.3. The lowest BCUT2D eigenvalue weighted by molar-refractivity contribution is 0.0950. The van der Waals surface area contributed by atoms with Crippen LogP contribution in [0, 0.1) is 0 Å². The van der Waals surface area contributed by atoms with Crippen LogP contribution < -0.4 is 10.9 Å². The molecule has 0 spiro atoms. The summed E-state index contributed by atoms with van der Waals surface area (Å²) in [6, 6.07) is 7.01. The van der Waals surface area contributed by atoms with E-state index in [4.69, 9.17) is 0 Å². The maximum absolute atomic E-state index is 12.3. The van der Waals surface area contributed by atoms with Gasteiger partial charge in [-0.1, -0.05) is 29.8 Å². The van der Waals surface area contributed by atoms with Gasteiger partial charge < -0.3 is 5.32 Å². The van der Waals surface area contributed by atoms with Crippen molar-refractivity contribution in [2.75, 3.05) is 6.54 Å². The fourth-order valence-corrected chi connectivity index (χ4v) is 2.84. The second-order valence-electron chi connectivity index (χ2n) is 5.56. The second kappa shape index (κ2) is 6.56. The summed E-state index contributed by atoms with van der Waals surface area (Å²) in [6.07, 6.45) is 7.95. The number of carbonyl (C=O) groups excluding carboxylic acids is 1. The molecule has 1 heterocycles. The summed E-state index contributed by atoms with van der Waals surface area (Å²) in [6.45, 7) is 0.597. The van der Waals surface area contributed by atoms with E-state index in [0.717, 1.165) is 19.3 Å². The van der Waals surface area contributed by atoms with Crippen LogP contribution in [0.15, 0.2) is 40.7 Å². The molecule has 3 rings (SSSR count). The topological polar surface area (TPSA) is 74.8 Å². The van der Waals surface area contributed by atoms with Gasteiger partial charge in [0.25, 0.3) is 11.5 Å². The number of nitrogens with zero attached hydrogens (tertiary/aromatic N) is 1. The van der Waals surface area contributed by atoms with E-state index < -0.39 is 0 Å². The number of fused-ring (bicyclic) bond motifs is 1. The molecule has 114 valence electrons. The average Bonchev–Trinajstić information content (AvgIpc) is 2.56. The van der Waals surface area contributed by atoms with Gasteiger partial charge in [0.1, 0.15) is 0 Å². The molecule has 2 aromatic rings. The molecule has 1 aliphatic carbocycles. The third kappa shape index (κ3) is 3.08. The molecule has 1 aliphatic rings. The van der Waals surface area contributed by atoms with Crippen molar-refractivity contribution in [3.05, 3.63) is 52.0 Å². The van der Waals surface area contributed by atoms with Crippen molar-refractivity contribution in [1.29, 1.82) is 0 Å². The highest BCUT2D eigenvalue weighted by Crippen LogP contribution is 2.19. The van der Waals surface area contributed by atoms with Gasteiger partial charge >= 0.3 is 0 Å². The van der Waals surface area contributed by atoms with Gasteiger partial charge in [0, 0.05) is 11.9 Å². The summed E-state index contributed by atoms with van der Waals surface area (Å²) in [4.78, 5) is 24.0. The summed E-state index contributed by atoms with van der Waals surface area (Å²) in [7, 11) is 0.